The van der Waals surface area contributed by atoms with E-state index in [9.17, 15) is 4.79 Å². The highest BCUT2D eigenvalue weighted by atomic mass is 35.5. The van der Waals surface area contributed by atoms with Crippen LogP contribution in [0.5, 0.6) is 5.75 Å². The van der Waals surface area contributed by atoms with Crippen LogP contribution in [0, 0.1) is 0 Å². The molecule has 0 aliphatic carbocycles. The first-order valence-corrected chi connectivity index (χ1v) is 7.93. The molecule has 1 N–H and O–H groups in total. The normalized spacial score (nSPS) is 10.2. The molecule has 110 valence electrons. The summed E-state index contributed by atoms with van der Waals surface area (Å²) in [5, 5.41) is 2.71. The predicted molar refractivity (Wildman–Crippen MR) is 87.5 cm³/mol. The monoisotopic (exact) mass is 321 g/mol. The Bertz CT molecular complexity index is 584. The Hall–Kier alpha value is -1.65. The van der Waals surface area contributed by atoms with E-state index in [0.717, 1.165) is 21.2 Å². The Morgan fingerprint density at radius 3 is 2.19 bits per heavy atom. The Kier molecular flexibility index (Phi) is 5.96. The van der Waals surface area contributed by atoms with Crippen molar-refractivity contribution in [2.45, 2.75) is 16.7 Å². The minimum atomic E-state index is -0.205. The molecule has 0 saturated carbocycles. The third kappa shape index (κ3) is 4.99. The van der Waals surface area contributed by atoms with Crippen molar-refractivity contribution in [2.24, 2.45) is 0 Å². The summed E-state index contributed by atoms with van der Waals surface area (Å²) >= 11 is 7.10. The minimum absolute atomic E-state index is 0.0390. The van der Waals surface area contributed by atoms with Crippen LogP contribution < -0.4 is 10.1 Å². The number of benzene rings is 2. The van der Waals surface area contributed by atoms with Crippen LogP contribution in [0.4, 0.5) is 5.69 Å². The maximum absolute atomic E-state index is 11.2. The number of ether oxygens (including phenoxy) is 1. The fourth-order valence-corrected chi connectivity index (χ4v) is 2.59. The molecule has 0 heterocycles. The van der Waals surface area contributed by atoms with Gasteiger partial charge in [-0.1, -0.05) is 11.8 Å². The number of nitrogens with one attached hydrogen (secondary N) is 1. The molecule has 0 aliphatic rings. The number of amides is 1. The fourth-order valence-electron chi connectivity index (χ4n) is 1.71. The van der Waals surface area contributed by atoms with Gasteiger partial charge in [0.1, 0.15) is 11.6 Å². The average molecular weight is 322 g/mol. The second-order valence-corrected chi connectivity index (χ2v) is 5.63. The van der Waals surface area contributed by atoms with Crippen molar-refractivity contribution in [3.8, 4) is 5.75 Å². The smallest absolute Gasteiger partial charge is 0.239 e. The molecule has 1 amide bonds. The molecule has 0 saturated heterocycles. The van der Waals surface area contributed by atoms with Crippen LogP contribution in [0.2, 0.25) is 0 Å². The van der Waals surface area contributed by atoms with Crippen LogP contribution >= 0.6 is 23.4 Å². The third-order valence-corrected chi connectivity index (χ3v) is 3.89. The van der Waals surface area contributed by atoms with E-state index in [1.165, 1.54) is 0 Å². The zero-order valence-electron chi connectivity index (χ0n) is 11.6. The first-order chi connectivity index (χ1) is 10.2. The SMILES string of the molecule is CCOc1ccc(Sc2ccc(NC(=O)CCl)cc2)cc1. The molecule has 0 bridgehead atoms. The quantitative estimate of drug-likeness (QED) is 0.801. The summed E-state index contributed by atoms with van der Waals surface area (Å²) in [5.41, 5.74) is 0.747. The van der Waals surface area contributed by atoms with Crippen LogP contribution in [-0.2, 0) is 4.79 Å². The minimum Gasteiger partial charge on any atom is -0.494 e. The first-order valence-electron chi connectivity index (χ1n) is 6.58. The Labute approximate surface area is 133 Å². The number of rotatable bonds is 6. The number of hydrogen-bond donors (Lipinski definition) is 1. The van der Waals surface area contributed by atoms with E-state index < -0.39 is 0 Å². The molecule has 0 unspecified atom stereocenters. The van der Waals surface area contributed by atoms with Crippen LogP contribution in [0.1, 0.15) is 6.92 Å². The second-order valence-electron chi connectivity index (χ2n) is 4.21. The molecular formula is C16H16ClNO2S. The molecule has 0 spiro atoms. The molecule has 2 aromatic carbocycles. The lowest BCUT2D eigenvalue weighted by Crippen LogP contribution is -2.12. The number of carbonyl (C=O) groups excluding carboxylic acids is 1. The lowest BCUT2D eigenvalue weighted by atomic mass is 10.3. The van der Waals surface area contributed by atoms with E-state index in [-0.39, 0.29) is 11.8 Å². The zero-order chi connectivity index (χ0) is 15.1. The van der Waals surface area contributed by atoms with Gasteiger partial charge in [0.25, 0.3) is 0 Å². The van der Waals surface area contributed by atoms with Crippen molar-refractivity contribution in [3.05, 3.63) is 48.5 Å². The van der Waals surface area contributed by atoms with E-state index in [0.29, 0.717) is 6.61 Å². The van der Waals surface area contributed by atoms with Gasteiger partial charge in [-0.05, 0) is 55.5 Å². The molecule has 0 aromatic heterocycles. The highest BCUT2D eigenvalue weighted by Crippen LogP contribution is 2.29. The van der Waals surface area contributed by atoms with Gasteiger partial charge in [-0.3, -0.25) is 4.79 Å². The fraction of sp³-hybridized carbons (Fsp3) is 0.188. The Balaban J connectivity index is 1.97. The molecule has 5 heteroatoms. The maximum atomic E-state index is 11.2. The van der Waals surface area contributed by atoms with E-state index in [4.69, 9.17) is 16.3 Å². The highest BCUT2D eigenvalue weighted by molar-refractivity contribution is 7.99. The maximum Gasteiger partial charge on any atom is 0.239 e. The van der Waals surface area contributed by atoms with Gasteiger partial charge < -0.3 is 10.1 Å². The zero-order valence-corrected chi connectivity index (χ0v) is 13.2. The summed E-state index contributed by atoms with van der Waals surface area (Å²) in [6, 6.07) is 15.6. The van der Waals surface area contributed by atoms with Gasteiger partial charge in [0.05, 0.1) is 6.61 Å². The number of anilines is 1. The Morgan fingerprint density at radius 2 is 1.67 bits per heavy atom. The third-order valence-electron chi connectivity index (χ3n) is 2.63. The molecule has 2 rings (SSSR count). The van der Waals surface area contributed by atoms with Gasteiger partial charge in [0, 0.05) is 15.5 Å². The molecule has 2 aromatic rings. The largest absolute Gasteiger partial charge is 0.494 e. The number of hydrogen-bond acceptors (Lipinski definition) is 3. The van der Waals surface area contributed by atoms with Crippen molar-refractivity contribution < 1.29 is 9.53 Å². The van der Waals surface area contributed by atoms with Gasteiger partial charge >= 0.3 is 0 Å². The van der Waals surface area contributed by atoms with E-state index in [1.54, 1.807) is 11.8 Å². The van der Waals surface area contributed by atoms with Crippen LogP contribution in [0.25, 0.3) is 0 Å². The van der Waals surface area contributed by atoms with Crippen molar-refractivity contribution >= 4 is 35.0 Å². The van der Waals surface area contributed by atoms with Crippen LogP contribution in [-0.4, -0.2) is 18.4 Å². The van der Waals surface area contributed by atoms with Gasteiger partial charge in [0.15, 0.2) is 0 Å². The van der Waals surface area contributed by atoms with Crippen molar-refractivity contribution in [2.75, 3.05) is 17.8 Å². The van der Waals surface area contributed by atoms with E-state index >= 15 is 0 Å². The lowest BCUT2D eigenvalue weighted by molar-refractivity contribution is -0.113. The van der Waals surface area contributed by atoms with Crippen molar-refractivity contribution in [1.82, 2.24) is 0 Å². The molecule has 3 nitrogen and oxygen atoms in total. The molecular weight excluding hydrogens is 306 g/mol. The summed E-state index contributed by atoms with van der Waals surface area (Å²) in [6.07, 6.45) is 0. The molecule has 0 fully saturated rings. The van der Waals surface area contributed by atoms with E-state index in [2.05, 4.69) is 5.32 Å². The standard InChI is InChI=1S/C16H16ClNO2S/c1-2-20-13-5-9-15(10-6-13)21-14-7-3-12(4-8-14)18-16(19)11-17/h3-10H,2,11H2,1H3,(H,18,19). The van der Waals surface area contributed by atoms with Gasteiger partial charge in [-0.2, -0.15) is 0 Å². The first kappa shape index (κ1) is 15.7. The summed E-state index contributed by atoms with van der Waals surface area (Å²) in [7, 11) is 0. The second kappa shape index (κ2) is 7.96. The lowest BCUT2D eigenvalue weighted by Gasteiger charge is -2.06. The molecule has 21 heavy (non-hydrogen) atoms. The van der Waals surface area contributed by atoms with Crippen molar-refractivity contribution in [1.29, 1.82) is 0 Å². The summed E-state index contributed by atoms with van der Waals surface area (Å²) in [5.74, 6) is 0.632. The topological polar surface area (TPSA) is 38.3 Å². The number of carbonyl (C=O) groups is 1. The molecule has 0 atom stereocenters. The van der Waals surface area contributed by atoms with E-state index in [1.807, 2.05) is 55.5 Å². The van der Waals surface area contributed by atoms with Gasteiger partial charge in [0.2, 0.25) is 5.91 Å². The average Bonchev–Trinajstić information content (AvgIpc) is 2.51. The van der Waals surface area contributed by atoms with Crippen LogP contribution in [0.15, 0.2) is 58.3 Å². The van der Waals surface area contributed by atoms with Crippen molar-refractivity contribution in [3.63, 3.8) is 0 Å². The summed E-state index contributed by atoms with van der Waals surface area (Å²) in [4.78, 5) is 13.4. The summed E-state index contributed by atoms with van der Waals surface area (Å²) < 4.78 is 5.41. The Morgan fingerprint density at radius 1 is 1.10 bits per heavy atom. The molecule has 0 aliphatic heterocycles. The van der Waals surface area contributed by atoms with Gasteiger partial charge in [-0.15, -0.1) is 11.6 Å². The number of alkyl halides is 1. The van der Waals surface area contributed by atoms with Crippen LogP contribution in [0.3, 0.4) is 0 Å². The summed E-state index contributed by atoms with van der Waals surface area (Å²) in [6.45, 7) is 2.63. The molecule has 0 radical (unpaired) electrons. The predicted octanol–water partition coefficient (Wildman–Crippen LogP) is 4.41. The highest BCUT2D eigenvalue weighted by Gasteiger charge is 2.02. The number of halogens is 1. The van der Waals surface area contributed by atoms with Gasteiger partial charge in [-0.25, -0.2) is 0 Å².